The van der Waals surface area contributed by atoms with E-state index in [0.717, 1.165) is 17.7 Å². The average Bonchev–Trinajstić information content (AvgIpc) is 2.42. The van der Waals surface area contributed by atoms with Crippen molar-refractivity contribution in [2.24, 2.45) is 5.73 Å². The molecule has 1 aromatic carbocycles. The predicted molar refractivity (Wildman–Crippen MR) is 87.3 cm³/mol. The quantitative estimate of drug-likeness (QED) is 0.882. The van der Waals surface area contributed by atoms with Gasteiger partial charge in [-0.1, -0.05) is 42.9 Å². The Labute approximate surface area is 128 Å². The van der Waals surface area contributed by atoms with Gasteiger partial charge in [-0.05, 0) is 36.2 Å². The Balaban J connectivity index is 2.64. The van der Waals surface area contributed by atoms with E-state index in [0.29, 0.717) is 17.1 Å². The molecule has 0 aliphatic carbocycles. The Morgan fingerprint density at radius 1 is 1.25 bits per heavy atom. The van der Waals surface area contributed by atoms with E-state index in [9.17, 15) is 4.79 Å². The number of nitrogens with two attached hydrogens (primary N) is 1. The Morgan fingerprint density at radius 3 is 2.45 bits per heavy atom. The molecule has 0 unspecified atom stereocenters. The van der Waals surface area contributed by atoms with Crippen LogP contribution in [0.25, 0.3) is 11.3 Å². The average molecular weight is 307 g/mol. The Kier molecular flexibility index (Phi) is 4.57. The van der Waals surface area contributed by atoms with Gasteiger partial charge in [0, 0.05) is 11.6 Å². The van der Waals surface area contributed by atoms with Crippen molar-refractivity contribution in [2.75, 3.05) is 0 Å². The van der Waals surface area contributed by atoms with E-state index in [1.165, 1.54) is 0 Å². The van der Waals surface area contributed by atoms with Crippen molar-refractivity contribution in [3.05, 3.63) is 57.3 Å². The van der Waals surface area contributed by atoms with Crippen LogP contribution in [0.1, 0.15) is 18.9 Å². The molecule has 104 valence electrons. The zero-order chi connectivity index (χ0) is 14.7. The Bertz CT molecular complexity index is 692. The summed E-state index contributed by atoms with van der Waals surface area (Å²) in [6, 6.07) is 10.9. The maximum atomic E-state index is 12.4. The molecular formula is C15H15ClN2OS. The maximum absolute atomic E-state index is 12.4. The fourth-order valence-corrected chi connectivity index (χ4v) is 2.37. The van der Waals surface area contributed by atoms with Crippen LogP contribution in [0.5, 0.6) is 0 Å². The van der Waals surface area contributed by atoms with Gasteiger partial charge in [-0.25, -0.2) is 0 Å². The van der Waals surface area contributed by atoms with Crippen LogP contribution in [0.15, 0.2) is 41.2 Å². The molecule has 0 bridgehead atoms. The molecule has 0 aliphatic rings. The summed E-state index contributed by atoms with van der Waals surface area (Å²) < 4.78 is 1.71. The minimum absolute atomic E-state index is 0.127. The molecule has 2 rings (SSSR count). The summed E-state index contributed by atoms with van der Waals surface area (Å²) in [5.41, 5.74) is 7.60. The summed E-state index contributed by atoms with van der Waals surface area (Å²) in [4.78, 5) is 12.6. The second-order valence-corrected chi connectivity index (χ2v) is 5.34. The highest BCUT2D eigenvalue weighted by Gasteiger charge is 2.11. The molecule has 0 spiro atoms. The van der Waals surface area contributed by atoms with Crippen molar-refractivity contribution in [3.63, 3.8) is 0 Å². The number of nitrogens with zero attached hydrogens (tertiary/aromatic N) is 1. The highest BCUT2D eigenvalue weighted by molar-refractivity contribution is 7.80. The van der Waals surface area contributed by atoms with Crippen LogP contribution in [-0.2, 0) is 6.54 Å². The molecule has 1 heterocycles. The molecule has 20 heavy (non-hydrogen) atoms. The van der Waals surface area contributed by atoms with Gasteiger partial charge in [0.1, 0.15) is 4.99 Å². The Morgan fingerprint density at radius 2 is 1.90 bits per heavy atom. The van der Waals surface area contributed by atoms with Crippen LogP contribution in [-0.4, -0.2) is 9.56 Å². The SMILES string of the molecule is CCCn1c(-c2ccc(Cl)cc2)ccc(C(N)=S)c1=O. The van der Waals surface area contributed by atoms with E-state index in [2.05, 4.69) is 0 Å². The summed E-state index contributed by atoms with van der Waals surface area (Å²) >= 11 is 10.8. The predicted octanol–water partition coefficient (Wildman–Crippen LogP) is 3.21. The fraction of sp³-hybridized carbons (Fsp3) is 0.200. The number of hydrogen-bond donors (Lipinski definition) is 1. The maximum Gasteiger partial charge on any atom is 0.261 e. The summed E-state index contributed by atoms with van der Waals surface area (Å²) in [6.07, 6.45) is 0.848. The van der Waals surface area contributed by atoms with Gasteiger partial charge >= 0.3 is 0 Å². The first kappa shape index (κ1) is 14.8. The first-order chi connectivity index (χ1) is 9.54. The van der Waals surface area contributed by atoms with E-state index in [1.807, 2.05) is 25.1 Å². The van der Waals surface area contributed by atoms with Crippen LogP contribution in [0, 0.1) is 0 Å². The molecule has 0 amide bonds. The molecule has 0 radical (unpaired) electrons. The molecule has 0 fully saturated rings. The third-order valence-electron chi connectivity index (χ3n) is 3.03. The highest BCUT2D eigenvalue weighted by atomic mass is 35.5. The summed E-state index contributed by atoms with van der Waals surface area (Å²) in [5.74, 6) is 0. The van der Waals surface area contributed by atoms with Gasteiger partial charge in [0.05, 0.1) is 11.3 Å². The number of benzene rings is 1. The molecule has 0 saturated heterocycles. The monoisotopic (exact) mass is 306 g/mol. The van der Waals surface area contributed by atoms with Crippen molar-refractivity contribution in [2.45, 2.75) is 19.9 Å². The number of pyridine rings is 1. The van der Waals surface area contributed by atoms with Crippen LogP contribution in [0.2, 0.25) is 5.02 Å². The fourth-order valence-electron chi connectivity index (χ4n) is 2.08. The minimum Gasteiger partial charge on any atom is -0.389 e. The van der Waals surface area contributed by atoms with Gasteiger partial charge in [-0.15, -0.1) is 0 Å². The number of rotatable bonds is 4. The lowest BCUT2D eigenvalue weighted by molar-refractivity contribution is 0.660. The lowest BCUT2D eigenvalue weighted by Gasteiger charge is -2.14. The molecule has 0 saturated carbocycles. The van der Waals surface area contributed by atoms with Gasteiger partial charge in [-0.2, -0.15) is 0 Å². The molecule has 2 N–H and O–H groups in total. The van der Waals surface area contributed by atoms with Crippen molar-refractivity contribution < 1.29 is 0 Å². The van der Waals surface area contributed by atoms with Crippen molar-refractivity contribution in [1.29, 1.82) is 0 Å². The van der Waals surface area contributed by atoms with E-state index >= 15 is 0 Å². The first-order valence-corrected chi connectivity index (χ1v) is 7.12. The normalized spacial score (nSPS) is 10.5. The second kappa shape index (κ2) is 6.20. The number of hydrogen-bond acceptors (Lipinski definition) is 2. The zero-order valence-electron chi connectivity index (χ0n) is 11.1. The van der Waals surface area contributed by atoms with E-state index in [-0.39, 0.29) is 10.5 Å². The smallest absolute Gasteiger partial charge is 0.261 e. The number of aromatic nitrogens is 1. The molecule has 3 nitrogen and oxygen atoms in total. The van der Waals surface area contributed by atoms with Crippen molar-refractivity contribution in [1.82, 2.24) is 4.57 Å². The number of halogens is 1. The topological polar surface area (TPSA) is 48.0 Å². The van der Waals surface area contributed by atoms with E-state index in [4.69, 9.17) is 29.6 Å². The molecule has 0 aliphatic heterocycles. The minimum atomic E-state index is -0.146. The lowest BCUT2D eigenvalue weighted by Crippen LogP contribution is -2.29. The zero-order valence-corrected chi connectivity index (χ0v) is 12.7. The number of thiocarbonyl (C=S) groups is 1. The summed E-state index contributed by atoms with van der Waals surface area (Å²) in [5, 5.41) is 0.665. The van der Waals surface area contributed by atoms with Crippen molar-refractivity contribution in [3.8, 4) is 11.3 Å². The van der Waals surface area contributed by atoms with Gasteiger partial charge in [0.2, 0.25) is 0 Å². The van der Waals surface area contributed by atoms with E-state index in [1.54, 1.807) is 22.8 Å². The van der Waals surface area contributed by atoms with Gasteiger partial charge in [0.15, 0.2) is 0 Å². The lowest BCUT2D eigenvalue weighted by atomic mass is 10.1. The van der Waals surface area contributed by atoms with Crippen LogP contribution < -0.4 is 11.3 Å². The highest BCUT2D eigenvalue weighted by Crippen LogP contribution is 2.21. The second-order valence-electron chi connectivity index (χ2n) is 4.46. The molecule has 1 aromatic heterocycles. The third kappa shape index (κ3) is 2.92. The van der Waals surface area contributed by atoms with Gasteiger partial charge in [-0.3, -0.25) is 4.79 Å². The van der Waals surface area contributed by atoms with Crippen LogP contribution >= 0.6 is 23.8 Å². The van der Waals surface area contributed by atoms with Gasteiger partial charge < -0.3 is 10.3 Å². The Hall–Kier alpha value is -1.65. The standard InChI is InChI=1S/C15H15ClN2OS/c1-2-9-18-13(10-3-5-11(16)6-4-10)8-7-12(14(17)20)15(18)19/h3-8H,2,9H2,1H3,(H2,17,20). The van der Waals surface area contributed by atoms with Crippen LogP contribution in [0.4, 0.5) is 0 Å². The largest absolute Gasteiger partial charge is 0.389 e. The molecule has 2 aromatic rings. The molecule has 5 heteroatoms. The summed E-state index contributed by atoms with van der Waals surface area (Å²) in [6.45, 7) is 2.64. The van der Waals surface area contributed by atoms with E-state index < -0.39 is 0 Å². The third-order valence-corrected chi connectivity index (χ3v) is 3.50. The first-order valence-electron chi connectivity index (χ1n) is 6.34. The van der Waals surface area contributed by atoms with Gasteiger partial charge in [0.25, 0.3) is 5.56 Å². The molecular weight excluding hydrogens is 292 g/mol. The summed E-state index contributed by atoms with van der Waals surface area (Å²) in [7, 11) is 0. The van der Waals surface area contributed by atoms with Crippen molar-refractivity contribution >= 4 is 28.8 Å². The molecule has 0 atom stereocenters. The van der Waals surface area contributed by atoms with Crippen LogP contribution in [0.3, 0.4) is 0 Å².